The topological polar surface area (TPSA) is 46.9 Å². The molecule has 3 rings (SSSR count). The van der Waals surface area contributed by atoms with E-state index in [1.165, 1.54) is 6.07 Å². The fourth-order valence-electron chi connectivity index (χ4n) is 2.29. The Morgan fingerprint density at radius 1 is 1.17 bits per heavy atom. The first-order valence-electron chi connectivity index (χ1n) is 7.40. The van der Waals surface area contributed by atoms with Gasteiger partial charge in [0.2, 0.25) is 0 Å². The van der Waals surface area contributed by atoms with E-state index in [-0.39, 0.29) is 18.3 Å². The molecule has 1 aromatic heterocycles. The standard InChI is InChI=1S/C18H15ClFN3O/c19-16-10-22-23(12-16)11-13-5-7-14(8-6-13)18(24)21-9-15-3-1-2-4-17(15)20/h1-8,10,12H,9,11H2,(H,21,24). The van der Waals surface area contributed by atoms with Gasteiger partial charge in [-0.2, -0.15) is 5.10 Å². The lowest BCUT2D eigenvalue weighted by Gasteiger charge is -2.07. The number of rotatable bonds is 5. The Hall–Kier alpha value is -2.66. The van der Waals surface area contributed by atoms with E-state index in [0.717, 1.165) is 5.56 Å². The number of nitrogens with zero attached hydrogens (tertiary/aromatic N) is 2. The van der Waals surface area contributed by atoms with Crippen LogP contribution in [0.1, 0.15) is 21.5 Å². The van der Waals surface area contributed by atoms with Crippen molar-refractivity contribution in [1.29, 1.82) is 0 Å². The lowest BCUT2D eigenvalue weighted by Crippen LogP contribution is -2.23. The second-order valence-electron chi connectivity index (χ2n) is 5.33. The number of amides is 1. The van der Waals surface area contributed by atoms with E-state index in [4.69, 9.17) is 11.6 Å². The molecule has 0 spiro atoms. The van der Waals surface area contributed by atoms with Crippen LogP contribution in [0.2, 0.25) is 5.02 Å². The maximum Gasteiger partial charge on any atom is 0.251 e. The summed E-state index contributed by atoms with van der Waals surface area (Å²) in [5, 5.41) is 7.41. The number of benzene rings is 2. The van der Waals surface area contributed by atoms with Crippen molar-refractivity contribution in [3.63, 3.8) is 0 Å². The van der Waals surface area contributed by atoms with Crippen molar-refractivity contribution in [2.45, 2.75) is 13.1 Å². The van der Waals surface area contributed by atoms with E-state index >= 15 is 0 Å². The second-order valence-corrected chi connectivity index (χ2v) is 5.76. The molecule has 3 aromatic rings. The van der Waals surface area contributed by atoms with Crippen LogP contribution in [0, 0.1) is 5.82 Å². The summed E-state index contributed by atoms with van der Waals surface area (Å²) >= 11 is 5.83. The second kappa shape index (κ2) is 7.27. The molecule has 1 N–H and O–H groups in total. The molecule has 2 aromatic carbocycles. The summed E-state index contributed by atoms with van der Waals surface area (Å²) in [6.07, 6.45) is 3.31. The Kier molecular flexibility index (Phi) is 4.91. The highest BCUT2D eigenvalue weighted by atomic mass is 35.5. The van der Waals surface area contributed by atoms with Crippen LogP contribution in [0.3, 0.4) is 0 Å². The molecule has 0 saturated carbocycles. The van der Waals surface area contributed by atoms with Crippen LogP contribution in [-0.4, -0.2) is 15.7 Å². The lowest BCUT2D eigenvalue weighted by atomic mass is 10.1. The van der Waals surface area contributed by atoms with Gasteiger partial charge in [0, 0.05) is 23.9 Å². The zero-order valence-electron chi connectivity index (χ0n) is 12.7. The summed E-state index contributed by atoms with van der Waals surface area (Å²) in [6.45, 7) is 0.725. The van der Waals surface area contributed by atoms with Crippen LogP contribution >= 0.6 is 11.6 Å². The lowest BCUT2D eigenvalue weighted by molar-refractivity contribution is 0.0950. The number of hydrogen-bond donors (Lipinski definition) is 1. The highest BCUT2D eigenvalue weighted by Gasteiger charge is 2.07. The zero-order valence-corrected chi connectivity index (χ0v) is 13.5. The Bertz CT molecular complexity index is 845. The van der Waals surface area contributed by atoms with Gasteiger partial charge < -0.3 is 5.32 Å². The number of nitrogens with one attached hydrogen (secondary N) is 1. The Morgan fingerprint density at radius 3 is 2.58 bits per heavy atom. The van der Waals surface area contributed by atoms with Crippen LogP contribution in [0.25, 0.3) is 0 Å². The highest BCUT2D eigenvalue weighted by Crippen LogP contribution is 2.10. The van der Waals surface area contributed by atoms with Gasteiger partial charge in [-0.15, -0.1) is 0 Å². The molecular weight excluding hydrogens is 329 g/mol. The first-order valence-corrected chi connectivity index (χ1v) is 7.78. The molecule has 1 amide bonds. The first-order chi connectivity index (χ1) is 11.6. The minimum absolute atomic E-state index is 0.152. The summed E-state index contributed by atoms with van der Waals surface area (Å²) in [7, 11) is 0. The van der Waals surface area contributed by atoms with E-state index < -0.39 is 0 Å². The molecule has 0 saturated heterocycles. The highest BCUT2D eigenvalue weighted by molar-refractivity contribution is 6.30. The molecule has 0 bridgehead atoms. The van der Waals surface area contributed by atoms with Crippen LogP contribution < -0.4 is 5.32 Å². The SMILES string of the molecule is O=C(NCc1ccccc1F)c1ccc(Cn2cc(Cl)cn2)cc1. The molecule has 0 aliphatic heterocycles. The van der Waals surface area contributed by atoms with Crippen molar-refractivity contribution in [3.8, 4) is 0 Å². The maximum absolute atomic E-state index is 13.5. The van der Waals surface area contributed by atoms with Crippen molar-refractivity contribution in [2.24, 2.45) is 0 Å². The Morgan fingerprint density at radius 2 is 1.92 bits per heavy atom. The van der Waals surface area contributed by atoms with Crippen molar-refractivity contribution >= 4 is 17.5 Å². The molecule has 0 aliphatic carbocycles. The fraction of sp³-hybridized carbons (Fsp3) is 0.111. The third-order valence-corrected chi connectivity index (χ3v) is 3.75. The van der Waals surface area contributed by atoms with Gasteiger partial charge in [0.25, 0.3) is 5.91 Å². The molecule has 0 unspecified atom stereocenters. The molecule has 0 aliphatic rings. The summed E-state index contributed by atoms with van der Waals surface area (Å²) in [5.74, 6) is -0.571. The van der Waals surface area contributed by atoms with Gasteiger partial charge >= 0.3 is 0 Å². The Balaban J connectivity index is 1.60. The molecule has 0 atom stereocenters. The van der Waals surface area contributed by atoms with Crippen molar-refractivity contribution < 1.29 is 9.18 Å². The summed E-state index contributed by atoms with van der Waals surface area (Å²) in [4.78, 5) is 12.1. The number of halogens is 2. The molecule has 0 radical (unpaired) electrons. The predicted octanol–water partition coefficient (Wildman–Crippen LogP) is 3.65. The van der Waals surface area contributed by atoms with Gasteiger partial charge in [0.15, 0.2) is 0 Å². The molecule has 6 heteroatoms. The van der Waals surface area contributed by atoms with Gasteiger partial charge in [-0.1, -0.05) is 41.9 Å². The monoisotopic (exact) mass is 343 g/mol. The number of carbonyl (C=O) groups is 1. The summed E-state index contributed by atoms with van der Waals surface area (Å²) < 4.78 is 15.3. The number of aromatic nitrogens is 2. The number of carbonyl (C=O) groups excluding carboxylic acids is 1. The minimum atomic E-state index is -0.328. The maximum atomic E-state index is 13.5. The smallest absolute Gasteiger partial charge is 0.251 e. The summed E-state index contributed by atoms with van der Waals surface area (Å²) in [5.41, 5.74) is 1.98. The molecule has 122 valence electrons. The van der Waals surface area contributed by atoms with Crippen LogP contribution in [0.4, 0.5) is 4.39 Å². The molecule has 4 nitrogen and oxygen atoms in total. The summed E-state index contributed by atoms with van der Waals surface area (Å²) in [6, 6.07) is 13.5. The van der Waals surface area contributed by atoms with Crippen molar-refractivity contribution in [1.82, 2.24) is 15.1 Å². The van der Waals surface area contributed by atoms with Crippen LogP contribution in [0.15, 0.2) is 60.9 Å². The first kappa shape index (κ1) is 16.2. The van der Waals surface area contributed by atoms with E-state index in [2.05, 4.69) is 10.4 Å². The van der Waals surface area contributed by atoms with E-state index in [1.807, 2.05) is 12.1 Å². The van der Waals surface area contributed by atoms with E-state index in [1.54, 1.807) is 47.4 Å². The van der Waals surface area contributed by atoms with E-state index in [0.29, 0.717) is 22.7 Å². The average Bonchev–Trinajstić information content (AvgIpc) is 2.99. The third kappa shape index (κ3) is 4.00. The molecule has 24 heavy (non-hydrogen) atoms. The van der Waals surface area contributed by atoms with Gasteiger partial charge in [-0.3, -0.25) is 9.48 Å². The molecule has 1 heterocycles. The van der Waals surface area contributed by atoms with Crippen LogP contribution in [0.5, 0.6) is 0 Å². The van der Waals surface area contributed by atoms with Crippen molar-refractivity contribution in [2.75, 3.05) is 0 Å². The van der Waals surface area contributed by atoms with Gasteiger partial charge in [-0.25, -0.2) is 4.39 Å². The zero-order chi connectivity index (χ0) is 16.9. The quantitative estimate of drug-likeness (QED) is 0.768. The Labute approximate surface area is 143 Å². The van der Waals surface area contributed by atoms with Gasteiger partial charge in [0.1, 0.15) is 5.82 Å². The third-order valence-electron chi connectivity index (χ3n) is 3.56. The van der Waals surface area contributed by atoms with Crippen LogP contribution in [-0.2, 0) is 13.1 Å². The van der Waals surface area contributed by atoms with Crippen molar-refractivity contribution in [3.05, 3.63) is 88.5 Å². The normalized spacial score (nSPS) is 10.6. The minimum Gasteiger partial charge on any atom is -0.348 e. The molecule has 0 fully saturated rings. The molecular formula is C18H15ClFN3O. The van der Waals surface area contributed by atoms with Gasteiger partial charge in [-0.05, 0) is 23.8 Å². The number of hydrogen-bond acceptors (Lipinski definition) is 2. The average molecular weight is 344 g/mol. The fourth-order valence-corrected chi connectivity index (χ4v) is 2.45. The van der Waals surface area contributed by atoms with E-state index in [9.17, 15) is 9.18 Å². The largest absolute Gasteiger partial charge is 0.348 e. The predicted molar refractivity (Wildman–Crippen MR) is 90.4 cm³/mol. The van der Waals surface area contributed by atoms with Gasteiger partial charge in [0.05, 0.1) is 17.8 Å².